The number of rotatable bonds is 16. The average molecular weight is 661 g/mol. The molecular formula is C33H68N6O7. The van der Waals surface area contributed by atoms with E-state index in [2.05, 4.69) is 43.6 Å². The van der Waals surface area contributed by atoms with Gasteiger partial charge < -0.3 is 36.9 Å². The highest BCUT2D eigenvalue weighted by Crippen LogP contribution is 2.25. The van der Waals surface area contributed by atoms with E-state index in [4.69, 9.17) is 20.9 Å². The van der Waals surface area contributed by atoms with Gasteiger partial charge in [-0.05, 0) is 44.6 Å². The molecule has 1 aliphatic rings. The largest absolute Gasteiger partial charge is 0.364 e. The molecule has 0 saturated carbocycles. The number of carbonyl (C=O) groups is 5. The number of unbranched alkanes of at least 4 members (excludes halogenated alkanes) is 1. The summed E-state index contributed by atoms with van der Waals surface area (Å²) in [6.07, 6.45) is 8.25. The fourth-order valence-electron chi connectivity index (χ4n) is 3.88. The standard InChI is InChI=1S/C21H41N5O5.C6H11NO2.2C3H8/c1-7-10-11-14(17(27)18(22)28)24-19(29)15(8-2)26(6)13-31-12-16(25-20(23)30)21(4,5)9-3;8-6-3-1-2-4-9-5-7-6;2*1-3-2/h14-16H,7-13H2,1-6H3,(H2,22,28)(H,24,29)(H3,23,25,30);1-5H2,(H,7,8);2*3H2,1-2H3/t14?,15-,16+;;;/m0.../s1. The molecule has 0 spiro atoms. The van der Waals surface area contributed by atoms with Gasteiger partial charge in [0.05, 0.1) is 31.5 Å². The van der Waals surface area contributed by atoms with Crippen LogP contribution in [-0.4, -0.2) is 86.3 Å². The van der Waals surface area contributed by atoms with E-state index in [0.717, 1.165) is 32.3 Å². The van der Waals surface area contributed by atoms with Crippen molar-refractivity contribution in [1.29, 1.82) is 0 Å². The Kier molecular flexibility index (Phi) is 30.7. The summed E-state index contributed by atoms with van der Waals surface area (Å²) in [5.74, 6) is -2.12. The van der Waals surface area contributed by atoms with E-state index >= 15 is 0 Å². The number of hydrogen-bond acceptors (Lipinski definition) is 8. The van der Waals surface area contributed by atoms with Gasteiger partial charge in [-0.2, -0.15) is 0 Å². The van der Waals surface area contributed by atoms with Crippen LogP contribution in [0.1, 0.15) is 127 Å². The number of nitrogens with zero attached hydrogens (tertiary/aromatic N) is 1. The van der Waals surface area contributed by atoms with Crippen molar-refractivity contribution in [1.82, 2.24) is 20.9 Å². The van der Waals surface area contributed by atoms with Crippen LogP contribution >= 0.6 is 0 Å². The number of ketones is 1. The van der Waals surface area contributed by atoms with Crippen molar-refractivity contribution in [2.45, 2.75) is 145 Å². The molecule has 1 aliphatic heterocycles. The highest BCUT2D eigenvalue weighted by Gasteiger charge is 2.31. The van der Waals surface area contributed by atoms with Crippen LogP contribution in [0.15, 0.2) is 0 Å². The maximum absolute atomic E-state index is 12.8. The molecule has 1 rings (SSSR count). The Hall–Kier alpha value is -2.77. The number of nitrogens with one attached hydrogen (secondary N) is 3. The summed E-state index contributed by atoms with van der Waals surface area (Å²) >= 11 is 0. The molecular weight excluding hydrogens is 592 g/mol. The molecule has 46 heavy (non-hydrogen) atoms. The van der Waals surface area contributed by atoms with Gasteiger partial charge >= 0.3 is 6.03 Å². The number of carbonyl (C=O) groups excluding carboxylic acids is 5. The summed E-state index contributed by atoms with van der Waals surface area (Å²) in [4.78, 5) is 59.8. The Bertz CT molecular complexity index is 829. The predicted molar refractivity (Wildman–Crippen MR) is 184 cm³/mol. The van der Waals surface area contributed by atoms with Gasteiger partial charge in [-0.3, -0.25) is 24.1 Å². The molecule has 0 aromatic rings. The first-order valence-corrected chi connectivity index (χ1v) is 17.0. The third kappa shape index (κ3) is 24.5. The number of nitrogens with two attached hydrogens (primary N) is 2. The van der Waals surface area contributed by atoms with E-state index in [9.17, 15) is 24.0 Å². The summed E-state index contributed by atoms with van der Waals surface area (Å²) in [7, 11) is 1.73. The fraction of sp³-hybridized carbons (Fsp3) is 0.848. The van der Waals surface area contributed by atoms with Crippen molar-refractivity contribution in [3.63, 3.8) is 0 Å². The van der Waals surface area contributed by atoms with Crippen LogP contribution in [0.3, 0.4) is 0 Å². The Morgan fingerprint density at radius 3 is 2.07 bits per heavy atom. The van der Waals surface area contributed by atoms with Crippen LogP contribution in [-0.2, 0) is 28.7 Å². The first kappa shape index (κ1) is 47.6. The summed E-state index contributed by atoms with van der Waals surface area (Å²) in [5, 5.41) is 8.00. The highest BCUT2D eigenvalue weighted by atomic mass is 16.5. The number of likely N-dealkylation sites (N-methyl/N-ethyl adjacent to an activating group) is 1. The van der Waals surface area contributed by atoms with Gasteiger partial charge in [0.2, 0.25) is 17.6 Å². The van der Waals surface area contributed by atoms with Crippen LogP contribution in [0.5, 0.6) is 0 Å². The first-order valence-electron chi connectivity index (χ1n) is 17.0. The van der Waals surface area contributed by atoms with Gasteiger partial charge in [-0.15, -0.1) is 0 Å². The molecule has 1 unspecified atom stereocenters. The van der Waals surface area contributed by atoms with Crippen molar-refractivity contribution in [3.05, 3.63) is 0 Å². The summed E-state index contributed by atoms with van der Waals surface area (Å²) in [5.41, 5.74) is 10.2. The molecule has 7 N–H and O–H groups in total. The van der Waals surface area contributed by atoms with Crippen LogP contribution in [0.4, 0.5) is 4.79 Å². The Labute approximate surface area is 279 Å². The third-order valence-corrected chi connectivity index (χ3v) is 7.01. The molecule has 3 atom stereocenters. The number of ether oxygens (including phenoxy) is 2. The van der Waals surface area contributed by atoms with Gasteiger partial charge in [0.1, 0.15) is 6.73 Å². The highest BCUT2D eigenvalue weighted by molar-refractivity contribution is 6.37. The second-order valence-corrected chi connectivity index (χ2v) is 12.0. The number of Topliss-reactive ketones (excluding diaryl/α,β-unsaturated/α-hetero) is 1. The number of primary amides is 2. The maximum atomic E-state index is 12.8. The van der Waals surface area contributed by atoms with Crippen LogP contribution in [0, 0.1) is 5.41 Å². The topological polar surface area (TPSA) is 195 Å². The van der Waals surface area contributed by atoms with Gasteiger partial charge in [-0.1, -0.05) is 88.0 Å². The van der Waals surface area contributed by atoms with Crippen LogP contribution in [0.2, 0.25) is 0 Å². The zero-order valence-electron chi connectivity index (χ0n) is 30.6. The second kappa shape index (κ2) is 29.6. The lowest BCUT2D eigenvalue weighted by atomic mass is 9.82. The van der Waals surface area contributed by atoms with Gasteiger partial charge in [0, 0.05) is 13.0 Å². The molecule has 13 heteroatoms. The zero-order chi connectivity index (χ0) is 36.1. The Morgan fingerprint density at radius 1 is 1.00 bits per heavy atom. The lowest BCUT2D eigenvalue weighted by Crippen LogP contribution is -2.53. The molecule has 0 radical (unpaired) electrons. The normalized spacial score (nSPS) is 14.9. The Balaban J connectivity index is -0.00000100. The zero-order valence-corrected chi connectivity index (χ0v) is 30.6. The molecule has 0 aromatic heterocycles. The van der Waals surface area contributed by atoms with Crippen LogP contribution in [0.25, 0.3) is 0 Å². The SMILES string of the molecule is CCC.CCC.CCCCC(NC(=O)[C@H](CC)N(C)COC[C@@H](NC(N)=O)C(C)(C)CC)C(=O)C(N)=O.O=C1CCCCOCN1. The molecule has 0 bridgehead atoms. The minimum atomic E-state index is -1.06. The molecule has 1 saturated heterocycles. The minimum Gasteiger partial charge on any atom is -0.364 e. The molecule has 272 valence electrons. The Morgan fingerprint density at radius 2 is 1.59 bits per heavy atom. The number of amides is 5. The van der Waals surface area contributed by atoms with E-state index < -0.39 is 29.8 Å². The number of hydrogen-bond donors (Lipinski definition) is 5. The second-order valence-electron chi connectivity index (χ2n) is 12.0. The van der Waals surface area contributed by atoms with Crippen molar-refractivity contribution >= 4 is 29.5 Å². The van der Waals surface area contributed by atoms with Crippen LogP contribution < -0.4 is 27.4 Å². The van der Waals surface area contributed by atoms with E-state index in [1.807, 2.05) is 34.6 Å². The van der Waals surface area contributed by atoms with E-state index in [0.29, 0.717) is 32.4 Å². The lowest BCUT2D eigenvalue weighted by molar-refractivity contribution is -0.139. The summed E-state index contributed by atoms with van der Waals surface area (Å²) in [6, 6.07) is -2.40. The summed E-state index contributed by atoms with van der Waals surface area (Å²) < 4.78 is 10.8. The number of urea groups is 1. The minimum absolute atomic E-state index is 0.106. The summed E-state index contributed by atoms with van der Waals surface area (Å²) in [6.45, 7) is 19.9. The molecule has 13 nitrogen and oxygen atoms in total. The van der Waals surface area contributed by atoms with Crippen molar-refractivity contribution in [2.24, 2.45) is 16.9 Å². The van der Waals surface area contributed by atoms with Gasteiger partial charge in [0.25, 0.3) is 5.91 Å². The van der Waals surface area contributed by atoms with Gasteiger partial charge in [0.15, 0.2) is 0 Å². The lowest BCUT2D eigenvalue weighted by Gasteiger charge is -2.34. The molecule has 1 heterocycles. The predicted octanol–water partition coefficient (Wildman–Crippen LogP) is 3.97. The first-order chi connectivity index (χ1) is 21.6. The fourth-order valence-corrected chi connectivity index (χ4v) is 3.88. The smallest absolute Gasteiger partial charge is 0.312 e. The molecule has 1 fully saturated rings. The van der Waals surface area contributed by atoms with Crippen molar-refractivity contribution in [3.8, 4) is 0 Å². The molecule has 0 aromatic carbocycles. The van der Waals surface area contributed by atoms with Gasteiger partial charge in [-0.25, -0.2) is 4.79 Å². The monoisotopic (exact) mass is 661 g/mol. The quantitative estimate of drug-likeness (QED) is 0.121. The van der Waals surface area contributed by atoms with Crippen molar-refractivity contribution < 1.29 is 33.4 Å². The molecule has 0 aliphatic carbocycles. The third-order valence-electron chi connectivity index (χ3n) is 7.01. The van der Waals surface area contributed by atoms with E-state index in [-0.39, 0.29) is 36.6 Å². The van der Waals surface area contributed by atoms with E-state index in [1.165, 1.54) is 12.8 Å². The average Bonchev–Trinajstić information content (AvgIpc) is 2.97. The molecule has 5 amide bonds. The van der Waals surface area contributed by atoms with Crippen molar-refractivity contribution in [2.75, 3.05) is 33.7 Å². The van der Waals surface area contributed by atoms with E-state index in [1.54, 1.807) is 11.9 Å². The maximum Gasteiger partial charge on any atom is 0.312 e.